The van der Waals surface area contributed by atoms with Gasteiger partial charge < -0.3 is 0 Å². The zero-order valence-corrected chi connectivity index (χ0v) is 13.9. The molecule has 1 heterocycles. The van der Waals surface area contributed by atoms with Gasteiger partial charge in [-0.3, -0.25) is 4.99 Å². The van der Waals surface area contributed by atoms with Crippen LogP contribution in [0.25, 0.3) is 0 Å². The molecule has 0 N–H and O–H groups in total. The van der Waals surface area contributed by atoms with Gasteiger partial charge in [0.1, 0.15) is 0 Å². The highest BCUT2D eigenvalue weighted by molar-refractivity contribution is 5.87. The molecular weight excluding hydrogens is 242 g/mol. The number of aliphatic imine (C=N–C) groups is 1. The maximum Gasteiger partial charge on any atom is 0.0734 e. The van der Waals surface area contributed by atoms with E-state index in [4.69, 9.17) is 0 Å². The summed E-state index contributed by atoms with van der Waals surface area (Å²) in [7, 11) is 0. The van der Waals surface area contributed by atoms with Gasteiger partial charge >= 0.3 is 0 Å². The van der Waals surface area contributed by atoms with Crippen molar-refractivity contribution in [3.8, 4) is 0 Å². The van der Waals surface area contributed by atoms with Gasteiger partial charge in [-0.1, -0.05) is 64.2 Å². The van der Waals surface area contributed by atoms with Crippen molar-refractivity contribution in [2.24, 2.45) is 10.4 Å². The van der Waals surface area contributed by atoms with Gasteiger partial charge in [0.15, 0.2) is 0 Å². The van der Waals surface area contributed by atoms with Gasteiger partial charge in [-0.15, -0.1) is 0 Å². The summed E-state index contributed by atoms with van der Waals surface area (Å²) in [6.45, 7) is 12.9. The molecule has 1 aliphatic carbocycles. The van der Waals surface area contributed by atoms with Gasteiger partial charge in [0.2, 0.25) is 0 Å². The molecule has 0 fully saturated rings. The van der Waals surface area contributed by atoms with E-state index < -0.39 is 0 Å². The molecule has 1 nitrogen and oxygen atoms in total. The van der Waals surface area contributed by atoms with Gasteiger partial charge in [-0.25, -0.2) is 0 Å². The number of hydrogen-bond donors (Lipinski definition) is 0. The molecule has 0 aromatic carbocycles. The fraction of sp³-hybridized carbons (Fsp3) is 0.526. The Morgan fingerprint density at radius 1 is 1.00 bits per heavy atom. The summed E-state index contributed by atoms with van der Waals surface area (Å²) in [5.41, 5.74) is 2.79. The predicted molar refractivity (Wildman–Crippen MR) is 91.4 cm³/mol. The third-order valence-electron chi connectivity index (χ3n) is 3.49. The van der Waals surface area contributed by atoms with Crippen LogP contribution in [-0.4, -0.2) is 11.8 Å². The fourth-order valence-corrected chi connectivity index (χ4v) is 2.14. The van der Waals surface area contributed by atoms with Gasteiger partial charge in [0.25, 0.3) is 0 Å². The van der Waals surface area contributed by atoms with Gasteiger partial charge in [-0.05, 0) is 43.3 Å². The van der Waals surface area contributed by atoms with Crippen molar-refractivity contribution in [1.82, 2.24) is 0 Å². The highest BCUT2D eigenvalue weighted by Crippen LogP contribution is 2.31. The second-order valence-electron chi connectivity index (χ2n) is 6.53. The van der Waals surface area contributed by atoms with E-state index in [9.17, 15) is 0 Å². The highest BCUT2D eigenvalue weighted by Gasteiger charge is 2.18. The van der Waals surface area contributed by atoms with Crippen LogP contribution in [0, 0.1) is 5.41 Å². The molecule has 0 unspecified atom stereocenters. The van der Waals surface area contributed by atoms with Crippen LogP contribution in [0.1, 0.15) is 54.4 Å². The minimum absolute atomic E-state index is 0.0907. The van der Waals surface area contributed by atoms with Crippen LogP contribution in [0.5, 0.6) is 0 Å². The summed E-state index contributed by atoms with van der Waals surface area (Å²) >= 11 is 0. The quantitative estimate of drug-likeness (QED) is 0.583. The van der Waals surface area contributed by atoms with E-state index >= 15 is 0 Å². The lowest BCUT2D eigenvalue weighted by Gasteiger charge is -2.19. The highest BCUT2D eigenvalue weighted by atomic mass is 14.8. The summed E-state index contributed by atoms with van der Waals surface area (Å²) in [5.74, 6) is 0. The number of rotatable bonds is 1. The van der Waals surface area contributed by atoms with E-state index in [2.05, 4.69) is 69.1 Å². The van der Waals surface area contributed by atoms with Crippen molar-refractivity contribution < 1.29 is 0 Å². The van der Waals surface area contributed by atoms with Gasteiger partial charge in [0.05, 0.1) is 5.54 Å². The molecule has 110 valence electrons. The van der Waals surface area contributed by atoms with Crippen LogP contribution < -0.4 is 0 Å². The van der Waals surface area contributed by atoms with Crippen molar-refractivity contribution in [2.75, 3.05) is 0 Å². The van der Waals surface area contributed by atoms with Crippen molar-refractivity contribution in [3.05, 3.63) is 47.6 Å². The maximum absolute atomic E-state index is 4.62. The van der Waals surface area contributed by atoms with E-state index in [1.807, 2.05) is 20.1 Å². The van der Waals surface area contributed by atoms with Crippen molar-refractivity contribution in [2.45, 2.75) is 59.9 Å². The Labute approximate surface area is 124 Å². The zero-order valence-electron chi connectivity index (χ0n) is 13.9. The molecule has 2 aliphatic rings. The Morgan fingerprint density at radius 2 is 1.70 bits per heavy atom. The number of allylic oxidation sites excluding steroid dienone is 7. The largest absolute Gasteiger partial charge is 0.282 e. The molecule has 0 bridgehead atoms. The molecule has 1 aliphatic heterocycles. The fourth-order valence-electron chi connectivity index (χ4n) is 2.14. The maximum atomic E-state index is 4.62. The predicted octanol–water partition coefficient (Wildman–Crippen LogP) is 5.66. The van der Waals surface area contributed by atoms with E-state index in [0.29, 0.717) is 5.41 Å². The average molecular weight is 271 g/mol. The van der Waals surface area contributed by atoms with Crippen molar-refractivity contribution in [3.63, 3.8) is 0 Å². The van der Waals surface area contributed by atoms with Crippen LogP contribution in [0.4, 0.5) is 0 Å². The molecule has 1 heteroatoms. The molecular formula is C19H29N. The van der Waals surface area contributed by atoms with E-state index in [-0.39, 0.29) is 5.54 Å². The second kappa shape index (κ2) is 6.88. The van der Waals surface area contributed by atoms with Crippen LogP contribution in [0.2, 0.25) is 0 Å². The standard InChI is InChI=1S/C17H23N.C2H6/c1-16(2)10-5-7-14(9-12-16)15-8-6-11-17(3,4)18-13-15;1-2/h5-9,11,13H,10,12H2,1-4H3;1-2H3. The molecule has 0 atom stereocenters. The Morgan fingerprint density at radius 3 is 2.40 bits per heavy atom. The zero-order chi connectivity index (χ0) is 15.2. The molecule has 0 saturated carbocycles. The number of nitrogens with zero attached hydrogens (tertiary/aromatic N) is 1. The first-order chi connectivity index (χ1) is 9.38. The van der Waals surface area contributed by atoms with E-state index in [1.165, 1.54) is 11.1 Å². The minimum Gasteiger partial charge on any atom is -0.282 e. The average Bonchev–Trinajstić information content (AvgIpc) is 2.67. The first kappa shape index (κ1) is 16.7. The molecule has 20 heavy (non-hydrogen) atoms. The molecule has 0 aromatic heterocycles. The smallest absolute Gasteiger partial charge is 0.0734 e. The number of hydrogen-bond acceptors (Lipinski definition) is 1. The van der Waals surface area contributed by atoms with Crippen molar-refractivity contribution >= 4 is 6.21 Å². The summed E-state index contributed by atoms with van der Waals surface area (Å²) in [5, 5.41) is 0. The van der Waals surface area contributed by atoms with E-state index in [0.717, 1.165) is 12.8 Å². The topological polar surface area (TPSA) is 12.4 Å². The lowest BCUT2D eigenvalue weighted by molar-refractivity contribution is 0.378. The first-order valence-corrected chi connectivity index (χ1v) is 7.70. The molecule has 0 saturated heterocycles. The van der Waals surface area contributed by atoms with Crippen LogP contribution in [-0.2, 0) is 0 Å². The second-order valence-corrected chi connectivity index (χ2v) is 6.53. The summed E-state index contributed by atoms with van der Waals surface area (Å²) in [6.07, 6.45) is 17.5. The first-order valence-electron chi connectivity index (χ1n) is 7.70. The Bertz CT molecular complexity index is 468. The van der Waals surface area contributed by atoms with Gasteiger partial charge in [-0.2, -0.15) is 0 Å². The molecule has 2 rings (SSSR count). The molecule has 0 spiro atoms. The summed E-state index contributed by atoms with van der Waals surface area (Å²) in [4.78, 5) is 4.62. The van der Waals surface area contributed by atoms with Gasteiger partial charge in [0, 0.05) is 6.21 Å². The lowest BCUT2D eigenvalue weighted by atomic mass is 9.86. The van der Waals surface area contributed by atoms with E-state index in [1.54, 1.807) is 0 Å². The third-order valence-corrected chi connectivity index (χ3v) is 3.49. The Balaban J connectivity index is 0.000000956. The Hall–Kier alpha value is -1.37. The molecule has 0 amide bonds. The van der Waals surface area contributed by atoms with Crippen LogP contribution >= 0.6 is 0 Å². The minimum atomic E-state index is -0.0907. The summed E-state index contributed by atoms with van der Waals surface area (Å²) < 4.78 is 0. The SMILES string of the molecule is CC.CC1(C)CC=CC(C2=CC=CC(C)(C)N=C2)=CC1. The summed E-state index contributed by atoms with van der Waals surface area (Å²) in [6, 6.07) is 0. The van der Waals surface area contributed by atoms with Crippen molar-refractivity contribution in [1.29, 1.82) is 0 Å². The molecule has 0 radical (unpaired) electrons. The monoisotopic (exact) mass is 271 g/mol. The lowest BCUT2D eigenvalue weighted by Crippen LogP contribution is -2.11. The normalized spacial score (nSPS) is 22.9. The third kappa shape index (κ3) is 4.96. The van der Waals surface area contributed by atoms with Crippen LogP contribution in [0.3, 0.4) is 0 Å². The Kier molecular flexibility index (Phi) is 5.74. The molecule has 0 aromatic rings. The van der Waals surface area contributed by atoms with Crippen LogP contribution in [0.15, 0.2) is 52.6 Å².